The van der Waals surface area contributed by atoms with Crippen LogP contribution in [0.15, 0.2) is 30.6 Å². The summed E-state index contributed by atoms with van der Waals surface area (Å²) in [6.45, 7) is 0.819. The minimum atomic E-state index is -0.420. The second-order valence-electron chi connectivity index (χ2n) is 5.46. The maximum absolute atomic E-state index is 11.5. The number of nitrogens with two attached hydrogens (primary N) is 1. The smallest absolute Gasteiger partial charge is 0.337 e. The Balaban J connectivity index is 2.23. The molecular formula is C18H19N7O2. The van der Waals surface area contributed by atoms with E-state index in [1.54, 1.807) is 29.2 Å². The van der Waals surface area contributed by atoms with Gasteiger partial charge in [-0.05, 0) is 24.3 Å². The number of hydrogen-bond acceptors (Lipinski definition) is 9. The third-order valence-corrected chi connectivity index (χ3v) is 3.72. The van der Waals surface area contributed by atoms with Crippen molar-refractivity contribution in [2.24, 2.45) is 0 Å². The van der Waals surface area contributed by atoms with Gasteiger partial charge in [-0.1, -0.05) is 0 Å². The van der Waals surface area contributed by atoms with Crippen LogP contribution in [0.25, 0.3) is 0 Å². The average molecular weight is 365 g/mol. The fourth-order valence-electron chi connectivity index (χ4n) is 2.38. The number of rotatable bonds is 8. The van der Waals surface area contributed by atoms with Crippen molar-refractivity contribution in [3.8, 4) is 12.1 Å². The van der Waals surface area contributed by atoms with E-state index in [0.29, 0.717) is 41.7 Å². The van der Waals surface area contributed by atoms with Crippen molar-refractivity contribution in [2.45, 2.75) is 12.8 Å². The lowest BCUT2D eigenvalue weighted by Gasteiger charge is -2.23. The van der Waals surface area contributed by atoms with E-state index in [1.807, 2.05) is 0 Å². The van der Waals surface area contributed by atoms with Crippen LogP contribution >= 0.6 is 0 Å². The Bertz CT molecular complexity index is 851. The number of nitriles is 2. The number of carbonyl (C=O) groups is 1. The topological polar surface area (TPSA) is 141 Å². The summed E-state index contributed by atoms with van der Waals surface area (Å²) in [4.78, 5) is 21.6. The van der Waals surface area contributed by atoms with Crippen LogP contribution in [-0.2, 0) is 4.74 Å². The fraction of sp³-hybridized carbons (Fsp3) is 0.278. The van der Waals surface area contributed by atoms with E-state index in [2.05, 4.69) is 32.2 Å². The van der Waals surface area contributed by atoms with E-state index in [9.17, 15) is 4.79 Å². The molecule has 0 saturated heterocycles. The summed E-state index contributed by atoms with van der Waals surface area (Å²) >= 11 is 0. The number of methoxy groups -OCH3 is 1. The van der Waals surface area contributed by atoms with Gasteiger partial charge in [-0.25, -0.2) is 14.8 Å². The van der Waals surface area contributed by atoms with E-state index in [0.717, 1.165) is 0 Å². The summed E-state index contributed by atoms with van der Waals surface area (Å²) in [7, 11) is 1.32. The molecule has 2 rings (SSSR count). The second-order valence-corrected chi connectivity index (χ2v) is 5.46. The van der Waals surface area contributed by atoms with Crippen molar-refractivity contribution < 1.29 is 9.53 Å². The van der Waals surface area contributed by atoms with Crippen LogP contribution < -0.4 is 16.0 Å². The van der Waals surface area contributed by atoms with Gasteiger partial charge < -0.3 is 20.7 Å². The Kier molecular flexibility index (Phi) is 6.91. The zero-order valence-corrected chi connectivity index (χ0v) is 14.8. The lowest BCUT2D eigenvalue weighted by Crippen LogP contribution is -2.27. The van der Waals surface area contributed by atoms with Gasteiger partial charge in [0.25, 0.3) is 0 Å². The summed E-state index contributed by atoms with van der Waals surface area (Å²) < 4.78 is 4.67. The van der Waals surface area contributed by atoms with Gasteiger partial charge >= 0.3 is 5.97 Å². The number of nitrogen functional groups attached to an aromatic ring is 1. The van der Waals surface area contributed by atoms with Crippen molar-refractivity contribution in [1.82, 2.24) is 9.97 Å². The van der Waals surface area contributed by atoms with Gasteiger partial charge in [-0.2, -0.15) is 10.5 Å². The first-order valence-corrected chi connectivity index (χ1v) is 8.15. The number of nitrogens with zero attached hydrogens (tertiary/aromatic N) is 5. The molecule has 0 bridgehead atoms. The first-order valence-electron chi connectivity index (χ1n) is 8.15. The molecular weight excluding hydrogens is 346 g/mol. The highest BCUT2D eigenvalue weighted by Crippen LogP contribution is 2.28. The van der Waals surface area contributed by atoms with E-state index >= 15 is 0 Å². The maximum Gasteiger partial charge on any atom is 0.337 e. The molecule has 0 radical (unpaired) electrons. The van der Waals surface area contributed by atoms with Gasteiger partial charge in [0, 0.05) is 18.8 Å². The van der Waals surface area contributed by atoms with Crippen molar-refractivity contribution in [2.75, 3.05) is 36.1 Å². The van der Waals surface area contributed by atoms with Gasteiger partial charge in [-0.3, -0.25) is 0 Å². The van der Waals surface area contributed by atoms with Crippen LogP contribution in [-0.4, -0.2) is 36.1 Å². The molecule has 1 heterocycles. The van der Waals surface area contributed by atoms with Crippen LogP contribution in [0.2, 0.25) is 0 Å². The Morgan fingerprint density at radius 3 is 2.37 bits per heavy atom. The molecule has 0 fully saturated rings. The molecule has 138 valence electrons. The highest BCUT2D eigenvalue weighted by molar-refractivity contribution is 5.90. The molecule has 9 nitrogen and oxygen atoms in total. The normalized spacial score (nSPS) is 9.74. The molecule has 9 heteroatoms. The lowest BCUT2D eigenvalue weighted by molar-refractivity contribution is 0.0601. The van der Waals surface area contributed by atoms with Crippen LogP contribution in [0.1, 0.15) is 23.2 Å². The SMILES string of the molecule is COC(=O)c1ccc(Nc2ncnc(N(CCC#N)CCC#N)c2N)cc1. The minimum Gasteiger partial charge on any atom is -0.465 e. The highest BCUT2D eigenvalue weighted by Gasteiger charge is 2.15. The van der Waals surface area contributed by atoms with Gasteiger partial charge in [0.2, 0.25) is 0 Å². The van der Waals surface area contributed by atoms with E-state index in [1.165, 1.54) is 13.4 Å². The van der Waals surface area contributed by atoms with Crippen molar-refractivity contribution in [1.29, 1.82) is 10.5 Å². The van der Waals surface area contributed by atoms with Crippen molar-refractivity contribution in [3.05, 3.63) is 36.2 Å². The fourth-order valence-corrected chi connectivity index (χ4v) is 2.38. The van der Waals surface area contributed by atoms with Crippen LogP contribution in [0.3, 0.4) is 0 Å². The van der Waals surface area contributed by atoms with Gasteiger partial charge in [0.05, 0.1) is 37.7 Å². The van der Waals surface area contributed by atoms with Gasteiger partial charge in [0.15, 0.2) is 11.6 Å². The van der Waals surface area contributed by atoms with E-state index in [4.69, 9.17) is 16.3 Å². The largest absolute Gasteiger partial charge is 0.465 e. The molecule has 0 atom stereocenters. The molecule has 0 spiro atoms. The number of carbonyl (C=O) groups excluding carboxylic acids is 1. The van der Waals surface area contributed by atoms with Crippen LogP contribution in [0, 0.1) is 22.7 Å². The molecule has 27 heavy (non-hydrogen) atoms. The van der Waals surface area contributed by atoms with Crippen LogP contribution in [0.4, 0.5) is 23.0 Å². The first-order chi connectivity index (χ1) is 13.1. The van der Waals surface area contributed by atoms with E-state index < -0.39 is 5.97 Å². The Morgan fingerprint density at radius 2 is 1.81 bits per heavy atom. The second kappa shape index (κ2) is 9.59. The maximum atomic E-state index is 11.5. The van der Waals surface area contributed by atoms with Gasteiger partial charge in [0.1, 0.15) is 12.0 Å². The van der Waals surface area contributed by atoms with E-state index in [-0.39, 0.29) is 12.8 Å². The summed E-state index contributed by atoms with van der Waals surface area (Å²) in [5.74, 6) is 0.435. The zero-order chi connectivity index (χ0) is 19.6. The highest BCUT2D eigenvalue weighted by atomic mass is 16.5. The van der Waals surface area contributed by atoms with Crippen molar-refractivity contribution >= 4 is 29.0 Å². The third-order valence-electron chi connectivity index (χ3n) is 3.72. The summed E-state index contributed by atoms with van der Waals surface area (Å²) in [6.07, 6.45) is 1.93. The molecule has 0 aliphatic heterocycles. The number of benzene rings is 1. The summed E-state index contributed by atoms with van der Waals surface area (Å²) in [5.41, 5.74) is 7.63. The number of aromatic nitrogens is 2. The average Bonchev–Trinajstić information content (AvgIpc) is 2.70. The molecule has 0 unspecified atom stereocenters. The number of esters is 1. The molecule has 2 aromatic rings. The number of hydrogen-bond donors (Lipinski definition) is 2. The number of anilines is 4. The van der Waals surface area contributed by atoms with Gasteiger partial charge in [-0.15, -0.1) is 0 Å². The summed E-state index contributed by atoms with van der Waals surface area (Å²) in [6, 6.07) is 10.8. The minimum absolute atomic E-state index is 0.284. The standard InChI is InChI=1S/C18H19N7O2/c1-27-18(26)13-4-6-14(7-5-13)24-16-15(21)17(23-12-22-16)25(10-2-8-19)11-3-9-20/h4-7,12H,2-3,10-11,21H2,1H3,(H,22,23,24). The Hall–Kier alpha value is -3.85. The summed E-state index contributed by atoms with van der Waals surface area (Å²) in [5, 5.41) is 20.7. The molecule has 0 aliphatic carbocycles. The molecule has 3 N–H and O–H groups in total. The third kappa shape index (κ3) is 5.06. The quantitative estimate of drug-likeness (QED) is 0.673. The zero-order valence-electron chi connectivity index (χ0n) is 14.8. The van der Waals surface area contributed by atoms with Crippen LogP contribution in [0.5, 0.6) is 0 Å². The predicted octanol–water partition coefficient (Wildman–Crippen LogP) is 2.22. The number of ether oxygens (including phenoxy) is 1. The van der Waals surface area contributed by atoms with Crippen molar-refractivity contribution in [3.63, 3.8) is 0 Å². The first kappa shape index (κ1) is 19.5. The Morgan fingerprint density at radius 1 is 1.19 bits per heavy atom. The molecule has 0 aliphatic rings. The predicted molar refractivity (Wildman–Crippen MR) is 100 cm³/mol. The Labute approximate surface area is 157 Å². The molecule has 0 amide bonds. The molecule has 1 aromatic carbocycles. The monoisotopic (exact) mass is 365 g/mol. The number of nitrogens with one attached hydrogen (secondary N) is 1. The lowest BCUT2D eigenvalue weighted by atomic mass is 10.2. The molecule has 0 saturated carbocycles. The molecule has 1 aromatic heterocycles.